The Balaban J connectivity index is 3.43. The Bertz CT molecular complexity index is 128. The lowest BCUT2D eigenvalue weighted by atomic mass is 10.0. The molecule has 14 heavy (non-hydrogen) atoms. The summed E-state index contributed by atoms with van der Waals surface area (Å²) in [7, 11) is 0. The number of ether oxygens (including phenoxy) is 2. The van der Waals surface area contributed by atoms with E-state index < -0.39 is 0 Å². The molecule has 0 saturated carbocycles. The van der Waals surface area contributed by atoms with Crippen molar-refractivity contribution in [2.45, 2.75) is 53.1 Å². The highest BCUT2D eigenvalue weighted by Gasteiger charge is 2.19. The molecule has 0 aliphatic heterocycles. The zero-order valence-corrected chi connectivity index (χ0v) is 10.4. The van der Waals surface area contributed by atoms with Crippen molar-refractivity contribution >= 4 is 0 Å². The minimum atomic E-state index is 0.0428. The summed E-state index contributed by atoms with van der Waals surface area (Å²) in [6.45, 7) is 13.1. The van der Waals surface area contributed by atoms with E-state index in [1.165, 1.54) is 0 Å². The van der Waals surface area contributed by atoms with Crippen LogP contribution in [0.15, 0.2) is 0 Å². The topological polar surface area (TPSA) is 18.5 Å². The van der Waals surface area contributed by atoms with Crippen molar-refractivity contribution in [3.8, 4) is 0 Å². The molecule has 0 bridgehead atoms. The third-order valence-electron chi connectivity index (χ3n) is 2.63. The van der Waals surface area contributed by atoms with Gasteiger partial charge in [0.2, 0.25) is 0 Å². The van der Waals surface area contributed by atoms with Crippen LogP contribution in [0.4, 0.5) is 0 Å². The van der Waals surface area contributed by atoms with Crippen LogP contribution in [0.3, 0.4) is 0 Å². The summed E-state index contributed by atoms with van der Waals surface area (Å²) in [6, 6.07) is 0. The second-order valence-corrected chi connectivity index (χ2v) is 4.47. The molecular weight excluding hydrogens is 176 g/mol. The quantitative estimate of drug-likeness (QED) is 0.562. The molecule has 2 nitrogen and oxygen atoms in total. The zero-order chi connectivity index (χ0) is 11.0. The van der Waals surface area contributed by atoms with Crippen LogP contribution in [0.5, 0.6) is 0 Å². The van der Waals surface area contributed by atoms with Crippen LogP contribution in [0.25, 0.3) is 0 Å². The van der Waals surface area contributed by atoms with Crippen LogP contribution in [-0.2, 0) is 9.47 Å². The summed E-state index contributed by atoms with van der Waals surface area (Å²) in [4.78, 5) is 0. The molecule has 0 rings (SSSR count). The predicted molar refractivity (Wildman–Crippen MR) is 60.6 cm³/mol. The van der Waals surface area contributed by atoms with Gasteiger partial charge in [-0.05, 0) is 25.7 Å². The van der Waals surface area contributed by atoms with Gasteiger partial charge in [0.1, 0.15) is 0 Å². The molecule has 2 heteroatoms. The van der Waals surface area contributed by atoms with E-state index in [1.807, 2.05) is 0 Å². The molecule has 0 heterocycles. The van der Waals surface area contributed by atoms with Gasteiger partial charge in [-0.2, -0.15) is 0 Å². The van der Waals surface area contributed by atoms with Crippen molar-refractivity contribution in [3.05, 3.63) is 0 Å². The molecule has 0 radical (unpaired) electrons. The fourth-order valence-corrected chi connectivity index (χ4v) is 1.12. The molecule has 0 aromatic heterocycles. The number of hydrogen-bond donors (Lipinski definition) is 0. The van der Waals surface area contributed by atoms with Crippen LogP contribution in [0, 0.1) is 5.92 Å². The molecule has 0 saturated heterocycles. The molecule has 0 aromatic rings. The van der Waals surface area contributed by atoms with Crippen LogP contribution < -0.4 is 0 Å². The number of hydrogen-bond acceptors (Lipinski definition) is 2. The molecule has 86 valence electrons. The molecule has 0 atom stereocenters. The maximum absolute atomic E-state index is 5.78. The molecule has 0 aromatic carbocycles. The highest BCUT2D eigenvalue weighted by molar-refractivity contribution is 4.70. The van der Waals surface area contributed by atoms with Crippen LogP contribution in [0.2, 0.25) is 0 Å². The molecule has 0 amide bonds. The van der Waals surface area contributed by atoms with E-state index in [2.05, 4.69) is 34.6 Å². The van der Waals surface area contributed by atoms with Crippen molar-refractivity contribution < 1.29 is 9.47 Å². The third kappa shape index (κ3) is 6.39. The largest absolute Gasteiger partial charge is 0.379 e. The van der Waals surface area contributed by atoms with Crippen LogP contribution in [-0.4, -0.2) is 25.4 Å². The maximum Gasteiger partial charge on any atom is 0.0707 e. The summed E-state index contributed by atoms with van der Waals surface area (Å²) < 4.78 is 11.2. The van der Waals surface area contributed by atoms with Crippen LogP contribution in [0.1, 0.15) is 47.5 Å². The Morgan fingerprint density at radius 3 is 2.07 bits per heavy atom. The first-order valence-corrected chi connectivity index (χ1v) is 5.75. The number of rotatable bonds is 8. The van der Waals surface area contributed by atoms with Crippen molar-refractivity contribution in [1.82, 2.24) is 0 Å². The average molecular weight is 202 g/mol. The summed E-state index contributed by atoms with van der Waals surface area (Å²) >= 11 is 0. The Morgan fingerprint density at radius 2 is 1.64 bits per heavy atom. The molecule has 0 fully saturated rings. The van der Waals surface area contributed by atoms with E-state index in [0.717, 1.165) is 19.4 Å². The summed E-state index contributed by atoms with van der Waals surface area (Å²) in [5.74, 6) is 0.610. The molecule has 0 aliphatic rings. The monoisotopic (exact) mass is 202 g/mol. The molecular formula is C12H26O2. The van der Waals surface area contributed by atoms with Crippen molar-refractivity contribution in [1.29, 1.82) is 0 Å². The second kappa shape index (κ2) is 7.24. The van der Waals surface area contributed by atoms with Gasteiger partial charge in [-0.15, -0.1) is 0 Å². The van der Waals surface area contributed by atoms with Gasteiger partial charge in [-0.3, -0.25) is 0 Å². The van der Waals surface area contributed by atoms with Gasteiger partial charge in [-0.1, -0.05) is 27.7 Å². The van der Waals surface area contributed by atoms with Crippen molar-refractivity contribution in [2.24, 2.45) is 5.92 Å². The summed E-state index contributed by atoms with van der Waals surface area (Å²) in [6.07, 6.45) is 2.13. The first kappa shape index (κ1) is 13.9. The zero-order valence-electron chi connectivity index (χ0n) is 10.4. The van der Waals surface area contributed by atoms with Gasteiger partial charge in [0, 0.05) is 6.61 Å². The molecule has 0 spiro atoms. The van der Waals surface area contributed by atoms with Gasteiger partial charge in [-0.25, -0.2) is 0 Å². The highest BCUT2D eigenvalue weighted by Crippen LogP contribution is 2.18. The minimum Gasteiger partial charge on any atom is -0.379 e. The highest BCUT2D eigenvalue weighted by atomic mass is 16.5. The van der Waals surface area contributed by atoms with E-state index in [1.54, 1.807) is 0 Å². The third-order valence-corrected chi connectivity index (χ3v) is 2.63. The normalized spacial score (nSPS) is 12.4. The van der Waals surface area contributed by atoms with Gasteiger partial charge in [0.05, 0.1) is 18.8 Å². The minimum absolute atomic E-state index is 0.0428. The lowest BCUT2D eigenvalue weighted by molar-refractivity contribution is -0.0630. The smallest absolute Gasteiger partial charge is 0.0707 e. The predicted octanol–water partition coefficient (Wildman–Crippen LogP) is 3.25. The standard InChI is InChI=1S/C12H26O2/c1-6-12(5,7-2)14-9-8-13-10-11(3)4/h11H,6-10H2,1-5H3. The Kier molecular flexibility index (Phi) is 7.20. The van der Waals surface area contributed by atoms with Gasteiger partial charge in [0.25, 0.3) is 0 Å². The average Bonchev–Trinajstić information content (AvgIpc) is 2.16. The van der Waals surface area contributed by atoms with Gasteiger partial charge in [0.15, 0.2) is 0 Å². The fourth-order valence-electron chi connectivity index (χ4n) is 1.12. The first-order chi connectivity index (χ1) is 6.54. The Morgan fingerprint density at radius 1 is 1.07 bits per heavy atom. The van der Waals surface area contributed by atoms with Crippen molar-refractivity contribution in [3.63, 3.8) is 0 Å². The Hall–Kier alpha value is -0.0800. The van der Waals surface area contributed by atoms with E-state index >= 15 is 0 Å². The fraction of sp³-hybridized carbons (Fsp3) is 1.00. The first-order valence-electron chi connectivity index (χ1n) is 5.75. The maximum atomic E-state index is 5.78. The summed E-state index contributed by atoms with van der Waals surface area (Å²) in [5.41, 5.74) is 0.0428. The van der Waals surface area contributed by atoms with E-state index in [9.17, 15) is 0 Å². The molecule has 0 unspecified atom stereocenters. The Labute approximate surface area is 89.0 Å². The van der Waals surface area contributed by atoms with E-state index in [4.69, 9.17) is 9.47 Å². The van der Waals surface area contributed by atoms with Gasteiger partial charge >= 0.3 is 0 Å². The lowest BCUT2D eigenvalue weighted by Crippen LogP contribution is -2.28. The lowest BCUT2D eigenvalue weighted by Gasteiger charge is -2.27. The molecule has 0 aliphatic carbocycles. The second-order valence-electron chi connectivity index (χ2n) is 4.47. The molecule has 0 N–H and O–H groups in total. The van der Waals surface area contributed by atoms with Crippen LogP contribution >= 0.6 is 0 Å². The summed E-state index contributed by atoms with van der Waals surface area (Å²) in [5, 5.41) is 0. The van der Waals surface area contributed by atoms with Crippen molar-refractivity contribution in [2.75, 3.05) is 19.8 Å². The van der Waals surface area contributed by atoms with Gasteiger partial charge < -0.3 is 9.47 Å². The SMILES string of the molecule is CCC(C)(CC)OCCOCC(C)C. The van der Waals surface area contributed by atoms with E-state index in [-0.39, 0.29) is 5.60 Å². The van der Waals surface area contributed by atoms with E-state index in [0.29, 0.717) is 19.1 Å².